The predicted octanol–water partition coefficient (Wildman–Crippen LogP) is 3.78. The summed E-state index contributed by atoms with van der Waals surface area (Å²) in [4.78, 5) is 12.1. The van der Waals surface area contributed by atoms with E-state index in [4.69, 9.17) is 9.47 Å². The van der Waals surface area contributed by atoms with Crippen molar-refractivity contribution in [2.24, 2.45) is 0 Å². The molecule has 5 heteroatoms. The summed E-state index contributed by atoms with van der Waals surface area (Å²) in [7, 11) is 2.94. The Morgan fingerprint density at radius 2 is 1.90 bits per heavy atom. The van der Waals surface area contributed by atoms with Crippen LogP contribution in [0.25, 0.3) is 0 Å². The molecule has 0 fully saturated rings. The smallest absolute Gasteiger partial charge is 0.333 e. The van der Waals surface area contributed by atoms with Crippen molar-refractivity contribution < 1.29 is 14.3 Å². The van der Waals surface area contributed by atoms with Gasteiger partial charge in [0.25, 0.3) is 0 Å². The fourth-order valence-corrected chi connectivity index (χ4v) is 2.43. The molecule has 4 nitrogen and oxygen atoms in total. The van der Waals surface area contributed by atoms with E-state index in [9.17, 15) is 4.79 Å². The monoisotopic (exact) mass is 349 g/mol. The number of anilines is 1. The van der Waals surface area contributed by atoms with Crippen LogP contribution in [0.15, 0.2) is 53.0 Å². The van der Waals surface area contributed by atoms with Gasteiger partial charge in [-0.25, -0.2) is 4.79 Å². The van der Waals surface area contributed by atoms with Crippen LogP contribution in [0.4, 0.5) is 5.69 Å². The molecule has 0 amide bonds. The highest BCUT2D eigenvalue weighted by Gasteiger charge is 2.24. The lowest BCUT2D eigenvalue weighted by Crippen LogP contribution is -2.22. The molecule has 0 saturated carbocycles. The second-order valence-electron chi connectivity index (χ2n) is 4.35. The maximum Gasteiger partial charge on any atom is 0.333 e. The number of hydrogen-bond donors (Lipinski definition) is 1. The van der Waals surface area contributed by atoms with E-state index < -0.39 is 6.04 Å². The van der Waals surface area contributed by atoms with Crippen LogP contribution in [0.3, 0.4) is 0 Å². The van der Waals surface area contributed by atoms with Crippen LogP contribution in [0, 0.1) is 0 Å². The van der Waals surface area contributed by atoms with E-state index in [-0.39, 0.29) is 5.97 Å². The molecule has 0 aromatic heterocycles. The molecular weight excluding hydrogens is 334 g/mol. The van der Waals surface area contributed by atoms with Gasteiger partial charge in [0.2, 0.25) is 0 Å². The molecule has 1 unspecified atom stereocenters. The number of carbonyl (C=O) groups is 1. The van der Waals surface area contributed by atoms with E-state index in [2.05, 4.69) is 21.2 Å². The number of esters is 1. The number of rotatable bonds is 5. The number of para-hydroxylation sites is 1. The lowest BCUT2D eigenvalue weighted by atomic mass is 10.1. The van der Waals surface area contributed by atoms with E-state index in [1.807, 2.05) is 48.5 Å². The van der Waals surface area contributed by atoms with Crippen molar-refractivity contribution in [2.75, 3.05) is 19.5 Å². The molecule has 2 aromatic carbocycles. The largest absolute Gasteiger partial charge is 0.496 e. The van der Waals surface area contributed by atoms with Gasteiger partial charge >= 0.3 is 5.97 Å². The zero-order valence-corrected chi connectivity index (χ0v) is 13.4. The molecule has 110 valence electrons. The first-order chi connectivity index (χ1) is 10.2. The van der Waals surface area contributed by atoms with Crippen molar-refractivity contribution in [1.82, 2.24) is 0 Å². The normalized spacial score (nSPS) is 11.6. The first kappa shape index (κ1) is 15.4. The van der Waals surface area contributed by atoms with E-state index in [0.717, 1.165) is 15.7 Å². The quantitative estimate of drug-likeness (QED) is 0.834. The van der Waals surface area contributed by atoms with Gasteiger partial charge in [-0.2, -0.15) is 0 Å². The molecule has 0 aliphatic carbocycles. The molecular formula is C16H16BrNO3. The van der Waals surface area contributed by atoms with Crippen molar-refractivity contribution in [2.45, 2.75) is 6.04 Å². The molecule has 0 heterocycles. The number of halogens is 1. The van der Waals surface area contributed by atoms with Gasteiger partial charge in [-0.05, 0) is 24.3 Å². The Morgan fingerprint density at radius 1 is 1.14 bits per heavy atom. The molecule has 0 aliphatic heterocycles. The van der Waals surface area contributed by atoms with Gasteiger partial charge in [-0.15, -0.1) is 0 Å². The maximum atomic E-state index is 12.1. The Kier molecular flexibility index (Phi) is 5.22. The zero-order valence-electron chi connectivity index (χ0n) is 11.8. The molecule has 0 bridgehead atoms. The van der Waals surface area contributed by atoms with Gasteiger partial charge in [0.15, 0.2) is 6.04 Å². The van der Waals surface area contributed by atoms with E-state index >= 15 is 0 Å². The van der Waals surface area contributed by atoms with Crippen molar-refractivity contribution in [3.63, 3.8) is 0 Å². The third kappa shape index (κ3) is 3.76. The summed E-state index contributed by atoms with van der Waals surface area (Å²) in [6.07, 6.45) is 0. The Bertz CT molecular complexity index is 630. The summed E-state index contributed by atoms with van der Waals surface area (Å²) >= 11 is 3.41. The van der Waals surface area contributed by atoms with Crippen molar-refractivity contribution in [3.05, 3.63) is 58.6 Å². The molecule has 0 radical (unpaired) electrons. The minimum absolute atomic E-state index is 0.375. The van der Waals surface area contributed by atoms with E-state index in [1.165, 1.54) is 7.11 Å². The van der Waals surface area contributed by atoms with E-state index in [0.29, 0.717) is 5.75 Å². The Hall–Kier alpha value is -2.01. The van der Waals surface area contributed by atoms with Gasteiger partial charge in [-0.3, -0.25) is 0 Å². The van der Waals surface area contributed by atoms with Gasteiger partial charge in [0.05, 0.1) is 14.2 Å². The van der Waals surface area contributed by atoms with Gasteiger partial charge < -0.3 is 14.8 Å². The van der Waals surface area contributed by atoms with Crippen molar-refractivity contribution in [3.8, 4) is 5.75 Å². The predicted molar refractivity (Wildman–Crippen MR) is 85.5 cm³/mol. The number of nitrogens with one attached hydrogen (secondary N) is 1. The average Bonchev–Trinajstić information content (AvgIpc) is 2.52. The number of methoxy groups -OCH3 is 2. The van der Waals surface area contributed by atoms with Crippen LogP contribution in [0.5, 0.6) is 5.75 Å². The highest BCUT2D eigenvalue weighted by atomic mass is 79.9. The zero-order chi connectivity index (χ0) is 15.2. The van der Waals surface area contributed by atoms with Crippen LogP contribution in [0.1, 0.15) is 11.6 Å². The molecule has 1 N–H and O–H groups in total. The summed E-state index contributed by atoms with van der Waals surface area (Å²) in [5.74, 6) is 0.259. The van der Waals surface area contributed by atoms with E-state index in [1.54, 1.807) is 7.11 Å². The van der Waals surface area contributed by atoms with Crippen molar-refractivity contribution >= 4 is 27.6 Å². The average molecular weight is 350 g/mol. The highest BCUT2D eigenvalue weighted by Crippen LogP contribution is 2.29. The summed E-state index contributed by atoms with van der Waals surface area (Å²) in [5.41, 5.74) is 1.54. The Balaban J connectivity index is 2.37. The molecule has 21 heavy (non-hydrogen) atoms. The van der Waals surface area contributed by atoms with Crippen LogP contribution in [-0.2, 0) is 9.53 Å². The lowest BCUT2D eigenvalue weighted by Gasteiger charge is -2.20. The SMILES string of the molecule is COC(=O)C(Nc1cccc(Br)c1)c1ccccc1OC. The third-order valence-corrected chi connectivity index (χ3v) is 3.52. The minimum atomic E-state index is -0.638. The number of ether oxygens (including phenoxy) is 2. The van der Waals surface area contributed by atoms with Crippen LogP contribution < -0.4 is 10.1 Å². The number of hydrogen-bond acceptors (Lipinski definition) is 4. The van der Waals surface area contributed by atoms with Gasteiger partial charge in [-0.1, -0.05) is 40.2 Å². The first-order valence-corrected chi connectivity index (χ1v) is 7.18. The molecule has 0 saturated heterocycles. The molecule has 0 aliphatic rings. The second-order valence-corrected chi connectivity index (χ2v) is 5.27. The standard InChI is InChI=1S/C16H16BrNO3/c1-20-14-9-4-3-8-13(14)15(16(19)21-2)18-12-7-5-6-11(17)10-12/h3-10,15,18H,1-2H3. The first-order valence-electron chi connectivity index (χ1n) is 6.38. The molecule has 0 spiro atoms. The molecule has 2 aromatic rings. The summed E-state index contributed by atoms with van der Waals surface area (Å²) < 4.78 is 11.2. The Labute approximate surface area is 132 Å². The second kappa shape index (κ2) is 7.13. The van der Waals surface area contributed by atoms with Gasteiger partial charge in [0.1, 0.15) is 5.75 Å². The van der Waals surface area contributed by atoms with Crippen LogP contribution in [-0.4, -0.2) is 20.2 Å². The lowest BCUT2D eigenvalue weighted by molar-refractivity contribution is -0.141. The summed E-state index contributed by atoms with van der Waals surface area (Å²) in [6, 6.07) is 14.3. The summed E-state index contributed by atoms with van der Waals surface area (Å²) in [5, 5.41) is 3.18. The van der Waals surface area contributed by atoms with Crippen LogP contribution in [0.2, 0.25) is 0 Å². The number of carbonyl (C=O) groups excluding carboxylic acids is 1. The molecule has 1 atom stereocenters. The van der Waals surface area contributed by atoms with Crippen molar-refractivity contribution in [1.29, 1.82) is 0 Å². The highest BCUT2D eigenvalue weighted by molar-refractivity contribution is 9.10. The fourth-order valence-electron chi connectivity index (χ4n) is 2.03. The Morgan fingerprint density at radius 3 is 2.57 bits per heavy atom. The van der Waals surface area contributed by atoms with Crippen LogP contribution >= 0.6 is 15.9 Å². The minimum Gasteiger partial charge on any atom is -0.496 e. The molecule has 2 rings (SSSR count). The topological polar surface area (TPSA) is 47.6 Å². The third-order valence-electron chi connectivity index (χ3n) is 3.02. The maximum absolute atomic E-state index is 12.1. The van der Waals surface area contributed by atoms with Gasteiger partial charge in [0, 0.05) is 15.7 Å². The fraction of sp³-hybridized carbons (Fsp3) is 0.188. The number of benzene rings is 2. The summed E-state index contributed by atoms with van der Waals surface area (Å²) in [6.45, 7) is 0.